The topological polar surface area (TPSA) is 62.8 Å². The van der Waals surface area contributed by atoms with E-state index in [0.29, 0.717) is 23.1 Å². The van der Waals surface area contributed by atoms with Crippen LogP contribution in [-0.4, -0.2) is 43.2 Å². The molecule has 26 heavy (non-hydrogen) atoms. The molecule has 0 aliphatic heterocycles. The second kappa shape index (κ2) is 9.62. The summed E-state index contributed by atoms with van der Waals surface area (Å²) < 4.78 is 10.4. The minimum atomic E-state index is -0.158. The van der Waals surface area contributed by atoms with Gasteiger partial charge in [0, 0.05) is 30.1 Å². The fraction of sp³-hybridized carbons (Fsp3) is 0.263. The van der Waals surface area contributed by atoms with Gasteiger partial charge in [0.1, 0.15) is 11.5 Å². The van der Waals surface area contributed by atoms with E-state index < -0.39 is 0 Å². The number of carbonyl (C=O) groups excluding carboxylic acids is 1. The van der Waals surface area contributed by atoms with Crippen LogP contribution in [0.15, 0.2) is 48.5 Å². The molecule has 0 spiro atoms. The Balaban J connectivity index is 1.96. The fourth-order valence-corrected chi connectivity index (χ4v) is 2.62. The first kappa shape index (κ1) is 19.5. The molecule has 0 saturated carbocycles. The van der Waals surface area contributed by atoms with Gasteiger partial charge in [0.2, 0.25) is 5.91 Å². The Morgan fingerprint density at radius 3 is 2.04 bits per heavy atom. The Bertz CT molecular complexity index is 767. The van der Waals surface area contributed by atoms with E-state index in [1.807, 2.05) is 49.4 Å². The summed E-state index contributed by atoms with van der Waals surface area (Å²) in [7, 11) is 3.20. The molecule has 0 aliphatic carbocycles. The van der Waals surface area contributed by atoms with Crippen molar-refractivity contribution >= 4 is 34.6 Å². The van der Waals surface area contributed by atoms with E-state index in [9.17, 15) is 4.79 Å². The number of likely N-dealkylation sites (N-methyl/N-ethyl adjacent to an activating group) is 1. The van der Waals surface area contributed by atoms with Crippen LogP contribution in [0.1, 0.15) is 6.92 Å². The Morgan fingerprint density at radius 2 is 1.54 bits per heavy atom. The van der Waals surface area contributed by atoms with Gasteiger partial charge >= 0.3 is 0 Å². The lowest BCUT2D eigenvalue weighted by Gasteiger charge is -2.24. The number of hydrogen-bond acceptors (Lipinski definition) is 4. The van der Waals surface area contributed by atoms with Crippen LogP contribution in [0.2, 0.25) is 0 Å². The number of methoxy groups -OCH3 is 2. The van der Waals surface area contributed by atoms with Crippen LogP contribution in [0.4, 0.5) is 11.4 Å². The zero-order valence-corrected chi connectivity index (χ0v) is 15.9. The Hall–Kier alpha value is -2.80. The van der Waals surface area contributed by atoms with Gasteiger partial charge < -0.3 is 25.0 Å². The van der Waals surface area contributed by atoms with Crippen molar-refractivity contribution in [3.8, 4) is 11.5 Å². The molecule has 0 aliphatic rings. The maximum atomic E-state index is 12.3. The molecular formula is C19H23N3O3S. The summed E-state index contributed by atoms with van der Waals surface area (Å²) >= 11 is 5.43. The quantitative estimate of drug-likeness (QED) is 0.726. The lowest BCUT2D eigenvalue weighted by atomic mass is 10.3. The van der Waals surface area contributed by atoms with E-state index in [0.717, 1.165) is 11.4 Å². The maximum Gasteiger partial charge on any atom is 0.243 e. The number of nitrogens with one attached hydrogen (secondary N) is 2. The predicted molar refractivity (Wildman–Crippen MR) is 108 cm³/mol. The molecule has 2 rings (SSSR count). The van der Waals surface area contributed by atoms with E-state index in [2.05, 4.69) is 10.6 Å². The molecule has 2 aromatic carbocycles. The number of amides is 1. The van der Waals surface area contributed by atoms with Gasteiger partial charge in [-0.2, -0.15) is 0 Å². The lowest BCUT2D eigenvalue weighted by molar-refractivity contribution is -0.116. The molecule has 0 bridgehead atoms. The zero-order valence-electron chi connectivity index (χ0n) is 15.1. The minimum absolute atomic E-state index is 0.142. The largest absolute Gasteiger partial charge is 0.497 e. The molecule has 138 valence electrons. The van der Waals surface area contributed by atoms with Crippen molar-refractivity contribution in [3.05, 3.63) is 48.5 Å². The standard InChI is InChI=1S/C19H23N3O3S/c1-4-22(19(26)21-15-8-6-10-17(12-15)25-3)13-18(23)20-14-7-5-9-16(11-14)24-2/h5-12H,4,13H2,1-3H3,(H,20,23)(H,21,26). The van der Waals surface area contributed by atoms with Gasteiger partial charge in [-0.3, -0.25) is 4.79 Å². The number of nitrogens with zero attached hydrogens (tertiary/aromatic N) is 1. The summed E-state index contributed by atoms with van der Waals surface area (Å²) in [4.78, 5) is 14.1. The molecule has 0 aromatic heterocycles. The van der Waals surface area contributed by atoms with E-state index in [4.69, 9.17) is 21.7 Å². The van der Waals surface area contributed by atoms with E-state index in [1.54, 1.807) is 25.2 Å². The molecule has 0 atom stereocenters. The van der Waals surface area contributed by atoms with Crippen LogP contribution in [0.25, 0.3) is 0 Å². The second-order valence-electron chi connectivity index (χ2n) is 5.46. The van der Waals surface area contributed by atoms with Crippen molar-refractivity contribution in [2.45, 2.75) is 6.92 Å². The first-order valence-electron chi connectivity index (χ1n) is 8.19. The Labute approximate surface area is 159 Å². The maximum absolute atomic E-state index is 12.3. The third kappa shape index (κ3) is 5.63. The number of thiocarbonyl (C=S) groups is 1. The van der Waals surface area contributed by atoms with Gasteiger partial charge in [-0.25, -0.2) is 0 Å². The number of ether oxygens (including phenoxy) is 2. The van der Waals surface area contributed by atoms with Crippen molar-refractivity contribution in [3.63, 3.8) is 0 Å². The molecule has 2 aromatic rings. The zero-order chi connectivity index (χ0) is 18.9. The Kier molecular flexibility index (Phi) is 7.23. The highest BCUT2D eigenvalue weighted by atomic mass is 32.1. The van der Waals surface area contributed by atoms with Crippen molar-refractivity contribution < 1.29 is 14.3 Å². The first-order valence-corrected chi connectivity index (χ1v) is 8.60. The van der Waals surface area contributed by atoms with Gasteiger partial charge in [0.05, 0.1) is 20.8 Å². The van der Waals surface area contributed by atoms with E-state index >= 15 is 0 Å². The van der Waals surface area contributed by atoms with Crippen molar-refractivity contribution in [2.24, 2.45) is 0 Å². The number of benzene rings is 2. The number of hydrogen-bond donors (Lipinski definition) is 2. The molecule has 2 N–H and O–H groups in total. The number of carbonyl (C=O) groups is 1. The van der Waals surface area contributed by atoms with Gasteiger partial charge in [-0.05, 0) is 43.4 Å². The molecule has 0 heterocycles. The van der Waals surface area contributed by atoms with Crippen molar-refractivity contribution in [2.75, 3.05) is 37.9 Å². The second-order valence-corrected chi connectivity index (χ2v) is 5.84. The third-order valence-corrected chi connectivity index (χ3v) is 4.04. The van der Waals surface area contributed by atoms with Gasteiger partial charge in [0.15, 0.2) is 5.11 Å². The molecular weight excluding hydrogens is 350 g/mol. The average molecular weight is 373 g/mol. The monoisotopic (exact) mass is 373 g/mol. The summed E-state index contributed by atoms with van der Waals surface area (Å²) in [5, 5.41) is 6.46. The van der Waals surface area contributed by atoms with Crippen molar-refractivity contribution in [1.29, 1.82) is 0 Å². The summed E-state index contributed by atoms with van der Waals surface area (Å²) in [6.45, 7) is 2.68. The predicted octanol–water partition coefficient (Wildman–Crippen LogP) is 3.36. The molecule has 0 radical (unpaired) electrons. The fourth-order valence-electron chi connectivity index (χ4n) is 2.31. The molecule has 1 amide bonds. The van der Waals surface area contributed by atoms with Crippen LogP contribution >= 0.6 is 12.2 Å². The highest BCUT2D eigenvalue weighted by Gasteiger charge is 2.13. The minimum Gasteiger partial charge on any atom is -0.497 e. The molecule has 0 unspecified atom stereocenters. The van der Waals surface area contributed by atoms with Gasteiger partial charge in [-0.15, -0.1) is 0 Å². The van der Waals surface area contributed by atoms with Crippen LogP contribution in [0.5, 0.6) is 11.5 Å². The number of rotatable bonds is 7. The third-order valence-electron chi connectivity index (χ3n) is 3.68. The Morgan fingerprint density at radius 1 is 1.00 bits per heavy atom. The van der Waals surface area contributed by atoms with Gasteiger partial charge in [0.25, 0.3) is 0 Å². The highest BCUT2D eigenvalue weighted by molar-refractivity contribution is 7.80. The normalized spacial score (nSPS) is 9.96. The van der Waals surface area contributed by atoms with E-state index in [-0.39, 0.29) is 12.5 Å². The summed E-state index contributed by atoms with van der Waals surface area (Å²) in [6, 6.07) is 14.7. The summed E-state index contributed by atoms with van der Waals surface area (Å²) in [5.41, 5.74) is 1.48. The van der Waals surface area contributed by atoms with Crippen LogP contribution in [-0.2, 0) is 4.79 Å². The smallest absolute Gasteiger partial charge is 0.243 e. The first-order chi connectivity index (χ1) is 12.5. The van der Waals surface area contributed by atoms with Gasteiger partial charge in [-0.1, -0.05) is 12.1 Å². The van der Waals surface area contributed by atoms with E-state index in [1.165, 1.54) is 0 Å². The van der Waals surface area contributed by atoms with Crippen LogP contribution in [0.3, 0.4) is 0 Å². The summed E-state index contributed by atoms with van der Waals surface area (Å²) in [5.74, 6) is 1.26. The lowest BCUT2D eigenvalue weighted by Crippen LogP contribution is -2.40. The van der Waals surface area contributed by atoms with Crippen LogP contribution < -0.4 is 20.1 Å². The molecule has 6 nitrogen and oxygen atoms in total. The SMILES string of the molecule is CCN(CC(=O)Nc1cccc(OC)c1)C(=S)Nc1cccc(OC)c1. The van der Waals surface area contributed by atoms with Crippen LogP contribution in [0, 0.1) is 0 Å². The molecule has 0 saturated heterocycles. The number of anilines is 2. The highest BCUT2D eigenvalue weighted by Crippen LogP contribution is 2.18. The summed E-state index contributed by atoms with van der Waals surface area (Å²) in [6.07, 6.45) is 0. The molecule has 0 fully saturated rings. The molecule has 7 heteroatoms. The van der Waals surface area contributed by atoms with Crippen molar-refractivity contribution in [1.82, 2.24) is 4.90 Å². The average Bonchev–Trinajstić information content (AvgIpc) is 2.66.